The van der Waals surface area contributed by atoms with E-state index in [2.05, 4.69) is 5.92 Å². The van der Waals surface area contributed by atoms with E-state index < -0.39 is 6.04 Å². The Labute approximate surface area is 66.9 Å². The molecule has 0 heterocycles. The molecule has 0 aliphatic carbocycles. The monoisotopic (exact) mass is 155 g/mol. The van der Waals surface area contributed by atoms with Gasteiger partial charge in [0.25, 0.3) is 0 Å². The van der Waals surface area contributed by atoms with Crippen LogP contribution in [0.15, 0.2) is 0 Å². The number of rotatable bonds is 5. The third-order valence-corrected chi connectivity index (χ3v) is 1.20. The highest BCUT2D eigenvalue weighted by Gasteiger charge is 2.10. The Morgan fingerprint density at radius 3 is 2.91 bits per heavy atom. The van der Waals surface area contributed by atoms with Crippen molar-refractivity contribution in [2.45, 2.75) is 19.4 Å². The summed E-state index contributed by atoms with van der Waals surface area (Å²) in [4.78, 5) is 10.9. The molecule has 1 atom stereocenters. The van der Waals surface area contributed by atoms with Crippen LogP contribution in [0.1, 0.15) is 13.3 Å². The molecular formula is C8H13NO2. The Kier molecular flexibility index (Phi) is 5.44. The maximum absolute atomic E-state index is 10.9. The van der Waals surface area contributed by atoms with Crippen LogP contribution in [0, 0.1) is 12.3 Å². The first-order chi connectivity index (χ1) is 5.22. The highest BCUT2D eigenvalue weighted by molar-refractivity contribution is 5.85. The molecule has 3 heteroatoms. The number of ketones is 1. The number of Topliss-reactive ketones (excluding diaryl/α,β-unsaturated/α-hetero) is 1. The lowest BCUT2D eigenvalue weighted by Gasteiger charge is -2.05. The molecule has 0 saturated carbocycles. The van der Waals surface area contributed by atoms with E-state index in [1.54, 1.807) is 0 Å². The maximum Gasteiger partial charge on any atom is 0.176 e. The molecule has 0 aromatic carbocycles. The van der Waals surface area contributed by atoms with Gasteiger partial charge in [-0.05, 0) is 6.92 Å². The molecule has 0 fully saturated rings. The Morgan fingerprint density at radius 2 is 2.45 bits per heavy atom. The predicted octanol–water partition coefficient (Wildman–Crippen LogP) is -0.0574. The Balaban J connectivity index is 3.57. The van der Waals surface area contributed by atoms with Crippen LogP contribution in [0.25, 0.3) is 0 Å². The van der Waals surface area contributed by atoms with Crippen molar-refractivity contribution >= 4 is 5.78 Å². The first-order valence-electron chi connectivity index (χ1n) is 3.51. The molecule has 2 N–H and O–H groups in total. The number of ether oxygens (including phenoxy) is 1. The van der Waals surface area contributed by atoms with Crippen molar-refractivity contribution in [3.63, 3.8) is 0 Å². The molecule has 0 aromatic rings. The van der Waals surface area contributed by atoms with Crippen molar-refractivity contribution in [3.05, 3.63) is 0 Å². The van der Waals surface area contributed by atoms with Crippen molar-refractivity contribution in [2.24, 2.45) is 5.73 Å². The molecule has 0 bridgehead atoms. The highest BCUT2D eigenvalue weighted by Crippen LogP contribution is 1.89. The summed E-state index contributed by atoms with van der Waals surface area (Å²) in [5, 5.41) is 0. The average Bonchev–Trinajstić information content (AvgIpc) is 2.00. The number of carbonyl (C=O) groups excluding carboxylic acids is 1. The normalized spacial score (nSPS) is 12.1. The zero-order valence-electron chi connectivity index (χ0n) is 6.67. The van der Waals surface area contributed by atoms with Gasteiger partial charge in [-0.25, -0.2) is 0 Å². The summed E-state index contributed by atoms with van der Waals surface area (Å²) in [5.74, 6) is 2.19. The van der Waals surface area contributed by atoms with E-state index in [4.69, 9.17) is 16.9 Å². The quantitative estimate of drug-likeness (QED) is 0.566. The van der Waals surface area contributed by atoms with Crippen molar-refractivity contribution in [1.29, 1.82) is 0 Å². The number of hydrogen-bond donors (Lipinski definition) is 1. The molecular weight excluding hydrogens is 142 g/mol. The summed E-state index contributed by atoms with van der Waals surface area (Å²) in [6, 6.07) is -0.563. The lowest BCUT2D eigenvalue weighted by Crippen LogP contribution is -2.33. The van der Waals surface area contributed by atoms with Gasteiger partial charge in [0.15, 0.2) is 5.78 Å². The summed E-state index contributed by atoms with van der Waals surface area (Å²) in [7, 11) is 0. The molecule has 3 nitrogen and oxygen atoms in total. The molecule has 62 valence electrons. The topological polar surface area (TPSA) is 52.3 Å². The summed E-state index contributed by atoms with van der Waals surface area (Å²) in [5.41, 5.74) is 5.40. The van der Waals surface area contributed by atoms with Crippen molar-refractivity contribution in [1.82, 2.24) is 0 Å². The summed E-state index contributed by atoms with van der Waals surface area (Å²) >= 11 is 0. The van der Waals surface area contributed by atoms with Gasteiger partial charge in [-0.2, -0.15) is 0 Å². The van der Waals surface area contributed by atoms with Crippen LogP contribution in [-0.2, 0) is 9.53 Å². The molecule has 0 rings (SSSR count). The zero-order valence-corrected chi connectivity index (χ0v) is 6.67. The van der Waals surface area contributed by atoms with E-state index in [1.807, 2.05) is 6.92 Å². The second-order valence-corrected chi connectivity index (χ2v) is 2.12. The molecule has 0 spiro atoms. The minimum atomic E-state index is -0.563. The largest absolute Gasteiger partial charge is 0.374 e. The second-order valence-electron chi connectivity index (χ2n) is 2.12. The third-order valence-electron chi connectivity index (χ3n) is 1.20. The summed E-state index contributed by atoms with van der Waals surface area (Å²) in [6.45, 7) is 2.41. The molecule has 1 unspecified atom stereocenters. The fourth-order valence-electron chi connectivity index (χ4n) is 0.550. The van der Waals surface area contributed by atoms with Gasteiger partial charge < -0.3 is 10.5 Å². The Morgan fingerprint density at radius 1 is 1.82 bits per heavy atom. The van der Waals surface area contributed by atoms with Gasteiger partial charge in [0.1, 0.15) is 6.61 Å². The van der Waals surface area contributed by atoms with E-state index in [0.29, 0.717) is 6.61 Å². The van der Waals surface area contributed by atoms with Gasteiger partial charge in [0.2, 0.25) is 0 Å². The SMILES string of the molecule is C#CCC(N)C(=O)COCC. The predicted molar refractivity (Wildman–Crippen MR) is 42.9 cm³/mol. The van der Waals surface area contributed by atoms with Gasteiger partial charge in [0, 0.05) is 13.0 Å². The fraction of sp³-hybridized carbons (Fsp3) is 0.625. The molecule has 0 radical (unpaired) electrons. The van der Waals surface area contributed by atoms with Crippen LogP contribution in [0.3, 0.4) is 0 Å². The van der Waals surface area contributed by atoms with Gasteiger partial charge >= 0.3 is 0 Å². The summed E-state index contributed by atoms with van der Waals surface area (Å²) in [6.07, 6.45) is 5.26. The van der Waals surface area contributed by atoms with Gasteiger partial charge in [0.05, 0.1) is 6.04 Å². The van der Waals surface area contributed by atoms with E-state index >= 15 is 0 Å². The molecule has 11 heavy (non-hydrogen) atoms. The first-order valence-corrected chi connectivity index (χ1v) is 3.51. The standard InChI is InChI=1S/C8H13NO2/c1-3-5-7(9)8(10)6-11-4-2/h1,7H,4-6,9H2,2H3. The van der Waals surface area contributed by atoms with Crippen LogP contribution >= 0.6 is 0 Å². The van der Waals surface area contributed by atoms with Crippen LogP contribution in [-0.4, -0.2) is 25.0 Å². The highest BCUT2D eigenvalue weighted by atomic mass is 16.5. The number of terminal acetylenes is 1. The molecule has 0 aliphatic heterocycles. The van der Waals surface area contributed by atoms with E-state index in [-0.39, 0.29) is 18.8 Å². The average molecular weight is 155 g/mol. The zero-order chi connectivity index (χ0) is 8.69. The van der Waals surface area contributed by atoms with Crippen molar-refractivity contribution in [3.8, 4) is 12.3 Å². The van der Waals surface area contributed by atoms with Crippen LogP contribution < -0.4 is 5.73 Å². The number of carbonyl (C=O) groups is 1. The van der Waals surface area contributed by atoms with Crippen molar-refractivity contribution < 1.29 is 9.53 Å². The second kappa shape index (κ2) is 5.90. The first kappa shape index (κ1) is 10.2. The maximum atomic E-state index is 10.9. The van der Waals surface area contributed by atoms with E-state index in [9.17, 15) is 4.79 Å². The van der Waals surface area contributed by atoms with E-state index in [0.717, 1.165) is 0 Å². The number of hydrogen-bond acceptors (Lipinski definition) is 3. The molecule has 0 saturated heterocycles. The lowest BCUT2D eigenvalue weighted by molar-refractivity contribution is -0.124. The van der Waals surface area contributed by atoms with Gasteiger partial charge in [-0.15, -0.1) is 12.3 Å². The Bertz CT molecular complexity index is 160. The minimum Gasteiger partial charge on any atom is -0.374 e. The van der Waals surface area contributed by atoms with E-state index in [1.165, 1.54) is 0 Å². The lowest BCUT2D eigenvalue weighted by atomic mass is 10.1. The van der Waals surface area contributed by atoms with Crippen LogP contribution in [0.5, 0.6) is 0 Å². The minimum absolute atomic E-state index is 0.0688. The number of nitrogens with two attached hydrogens (primary N) is 1. The van der Waals surface area contributed by atoms with Crippen LogP contribution in [0.2, 0.25) is 0 Å². The van der Waals surface area contributed by atoms with Crippen molar-refractivity contribution in [2.75, 3.05) is 13.2 Å². The molecule has 0 amide bonds. The van der Waals surface area contributed by atoms with Crippen LogP contribution in [0.4, 0.5) is 0 Å². The smallest absolute Gasteiger partial charge is 0.176 e. The third kappa shape index (κ3) is 4.54. The van der Waals surface area contributed by atoms with Gasteiger partial charge in [-0.3, -0.25) is 4.79 Å². The van der Waals surface area contributed by atoms with Gasteiger partial charge in [-0.1, -0.05) is 0 Å². The fourth-order valence-corrected chi connectivity index (χ4v) is 0.550. The Hall–Kier alpha value is -0.850. The summed E-state index contributed by atoms with van der Waals surface area (Å²) < 4.78 is 4.86. The molecule has 0 aliphatic rings. The molecule has 0 aromatic heterocycles.